The second-order valence-electron chi connectivity index (χ2n) is 13.3. The van der Waals surface area contributed by atoms with Gasteiger partial charge in [-0.2, -0.15) is 28.1 Å². The molecule has 2 amide bonds. The van der Waals surface area contributed by atoms with Gasteiger partial charge < -0.3 is 45.1 Å². The number of nitrogens with zero attached hydrogens (tertiary/aromatic N) is 5. The minimum Gasteiger partial charge on any atom is -0.494 e. The molecule has 6 bridgehead atoms. The zero-order chi connectivity index (χ0) is 36.6. The van der Waals surface area contributed by atoms with Crippen molar-refractivity contribution in [3.63, 3.8) is 0 Å². The van der Waals surface area contributed by atoms with Crippen LogP contribution in [0.4, 0.5) is 35.5 Å². The summed E-state index contributed by atoms with van der Waals surface area (Å²) in [6, 6.07) is 11.3. The van der Waals surface area contributed by atoms with E-state index in [1.165, 1.54) is 17.7 Å². The summed E-state index contributed by atoms with van der Waals surface area (Å²) in [5.74, 6) is 0.364. The Hall–Kier alpha value is -5.06. The highest BCUT2D eigenvalue weighted by atomic mass is 19.4. The standard InChI is InChI=1S/C35H43F3N8O6/c36-35(37,38)23-52-32-43-30-39-20-24-5-8-26(9-6-24)50-17-3-15-46(33(48)49)16-4-18-51-28-19-25(41-31(42-30)44-32)7-10-27(28)29(47)40-21-34(11-12-34)22-45-13-1-2-14-45/h5-10,19H,1-4,11-18,20-23H2,(H,40,47)(H,48,49)(H2,39,41,42,43,44). The monoisotopic (exact) mass is 728 g/mol. The first-order valence-electron chi connectivity index (χ1n) is 17.5. The third-order valence-electron chi connectivity index (χ3n) is 9.12. The smallest absolute Gasteiger partial charge is 0.422 e. The van der Waals surface area contributed by atoms with E-state index in [2.05, 4.69) is 35.8 Å². The number of alkyl halides is 3. The molecule has 52 heavy (non-hydrogen) atoms. The van der Waals surface area contributed by atoms with E-state index in [0.717, 1.165) is 38.0 Å². The van der Waals surface area contributed by atoms with Gasteiger partial charge in [-0.3, -0.25) is 4.79 Å². The molecule has 4 N–H and O–H groups in total. The Labute approximate surface area is 299 Å². The summed E-state index contributed by atoms with van der Waals surface area (Å²) in [7, 11) is 0. The van der Waals surface area contributed by atoms with Gasteiger partial charge in [-0.05, 0) is 81.4 Å². The number of aromatic nitrogens is 3. The number of amides is 2. The van der Waals surface area contributed by atoms with Crippen LogP contribution < -0.4 is 30.2 Å². The first-order chi connectivity index (χ1) is 25.0. The lowest BCUT2D eigenvalue weighted by Gasteiger charge is -2.23. The van der Waals surface area contributed by atoms with Crippen molar-refractivity contribution in [1.29, 1.82) is 0 Å². The van der Waals surface area contributed by atoms with Crippen molar-refractivity contribution < 1.29 is 42.1 Å². The number of ether oxygens (including phenoxy) is 3. The van der Waals surface area contributed by atoms with E-state index >= 15 is 0 Å². The number of anilines is 3. The Morgan fingerprint density at radius 2 is 1.63 bits per heavy atom. The second-order valence-corrected chi connectivity index (χ2v) is 13.3. The number of fused-ring (bicyclic) bond motifs is 11. The highest BCUT2D eigenvalue weighted by Gasteiger charge is 2.44. The first-order valence-corrected chi connectivity index (χ1v) is 17.5. The minimum absolute atomic E-state index is 0.0319. The summed E-state index contributed by atoms with van der Waals surface area (Å²) < 4.78 is 55.8. The van der Waals surface area contributed by atoms with Crippen LogP contribution in [0, 0.1) is 5.41 Å². The molecule has 3 aromatic rings. The van der Waals surface area contributed by atoms with Crippen LogP contribution in [0.1, 0.15) is 54.4 Å². The lowest BCUT2D eigenvalue weighted by Crippen LogP contribution is -2.37. The molecule has 280 valence electrons. The van der Waals surface area contributed by atoms with Gasteiger partial charge in [0.1, 0.15) is 11.5 Å². The van der Waals surface area contributed by atoms with Gasteiger partial charge >= 0.3 is 18.3 Å². The van der Waals surface area contributed by atoms with Crippen molar-refractivity contribution in [2.75, 3.05) is 69.7 Å². The SMILES string of the molecule is O=C(NCC1(CN2CCCC2)CC1)c1ccc2cc1OCCCN(C(=O)O)CCCOc1ccc(cc1)CNc1nc(nc(OCC(F)(F)F)n1)N2. The van der Waals surface area contributed by atoms with E-state index in [-0.39, 0.29) is 60.8 Å². The maximum atomic E-state index is 13.6. The molecule has 2 aromatic carbocycles. The van der Waals surface area contributed by atoms with Crippen molar-refractivity contribution in [1.82, 2.24) is 30.1 Å². The van der Waals surface area contributed by atoms with Crippen LogP contribution in [0.2, 0.25) is 0 Å². The van der Waals surface area contributed by atoms with Crippen LogP contribution in [-0.4, -0.2) is 107 Å². The number of nitrogens with one attached hydrogen (secondary N) is 3. The normalized spacial score (nSPS) is 18.0. The summed E-state index contributed by atoms with van der Waals surface area (Å²) in [6.07, 6.45) is -0.381. The topological polar surface area (TPSA) is 163 Å². The van der Waals surface area contributed by atoms with Gasteiger partial charge in [0.2, 0.25) is 11.9 Å². The Kier molecular flexibility index (Phi) is 11.7. The van der Waals surface area contributed by atoms with E-state index in [4.69, 9.17) is 14.2 Å². The maximum absolute atomic E-state index is 13.6. The molecule has 1 saturated carbocycles. The molecule has 14 nitrogen and oxygen atoms in total. The fourth-order valence-corrected chi connectivity index (χ4v) is 6.15. The number of hydrogen-bond acceptors (Lipinski definition) is 11. The minimum atomic E-state index is -4.62. The summed E-state index contributed by atoms with van der Waals surface area (Å²) in [5.41, 5.74) is 1.52. The average molecular weight is 729 g/mol. The number of likely N-dealkylation sites (tertiary alicyclic amines) is 1. The van der Waals surface area contributed by atoms with Gasteiger partial charge in [-0.25, -0.2) is 4.79 Å². The van der Waals surface area contributed by atoms with E-state index in [1.807, 2.05) is 0 Å². The van der Waals surface area contributed by atoms with Crippen molar-refractivity contribution in [3.05, 3.63) is 53.6 Å². The molecule has 1 aromatic heterocycles. The predicted octanol–water partition coefficient (Wildman–Crippen LogP) is 5.31. The quantitative estimate of drug-likeness (QED) is 0.249. The predicted molar refractivity (Wildman–Crippen MR) is 184 cm³/mol. The molecule has 7 rings (SSSR count). The third kappa shape index (κ3) is 10.7. The lowest BCUT2D eigenvalue weighted by molar-refractivity contribution is -0.154. The van der Waals surface area contributed by atoms with Crippen molar-refractivity contribution in [3.8, 4) is 17.5 Å². The van der Waals surface area contributed by atoms with Crippen molar-refractivity contribution in [2.24, 2.45) is 5.41 Å². The molecule has 0 unspecified atom stereocenters. The molecular weight excluding hydrogens is 685 g/mol. The second kappa shape index (κ2) is 16.5. The Bertz CT molecular complexity index is 1690. The van der Waals surface area contributed by atoms with Crippen LogP contribution in [-0.2, 0) is 6.54 Å². The fraction of sp³-hybridized carbons (Fsp3) is 0.514. The van der Waals surface area contributed by atoms with Crippen LogP contribution in [0.5, 0.6) is 17.5 Å². The highest BCUT2D eigenvalue weighted by molar-refractivity contribution is 5.97. The number of carboxylic acid groups (broad SMARTS) is 1. The van der Waals surface area contributed by atoms with Gasteiger partial charge in [0, 0.05) is 49.9 Å². The largest absolute Gasteiger partial charge is 0.494 e. The highest BCUT2D eigenvalue weighted by Crippen LogP contribution is 2.46. The molecule has 0 spiro atoms. The van der Waals surface area contributed by atoms with Crippen molar-refractivity contribution in [2.45, 2.75) is 51.2 Å². The third-order valence-corrected chi connectivity index (χ3v) is 9.12. The fourth-order valence-electron chi connectivity index (χ4n) is 6.15. The molecule has 1 aliphatic carbocycles. The number of carbonyl (C=O) groups is 2. The van der Waals surface area contributed by atoms with Gasteiger partial charge in [0.15, 0.2) is 6.61 Å². The molecule has 3 aliphatic heterocycles. The van der Waals surface area contributed by atoms with E-state index in [9.17, 15) is 27.9 Å². The van der Waals surface area contributed by atoms with Crippen LogP contribution in [0.25, 0.3) is 0 Å². The molecular formula is C35H43F3N8O6. The molecule has 4 aliphatic rings. The zero-order valence-corrected chi connectivity index (χ0v) is 28.7. The first kappa shape index (κ1) is 36.7. The maximum Gasteiger partial charge on any atom is 0.422 e. The number of benzene rings is 2. The van der Waals surface area contributed by atoms with E-state index in [1.54, 1.807) is 42.5 Å². The van der Waals surface area contributed by atoms with Gasteiger partial charge in [-0.15, -0.1) is 0 Å². The Balaban J connectivity index is 1.24. The number of hydrogen-bond donors (Lipinski definition) is 4. The lowest BCUT2D eigenvalue weighted by atomic mass is 10.1. The van der Waals surface area contributed by atoms with Crippen molar-refractivity contribution >= 4 is 29.6 Å². The molecule has 0 atom stereocenters. The molecule has 1 saturated heterocycles. The van der Waals surface area contributed by atoms with Gasteiger partial charge in [-0.1, -0.05) is 12.1 Å². The molecule has 0 radical (unpaired) electrons. The Morgan fingerprint density at radius 3 is 2.33 bits per heavy atom. The summed E-state index contributed by atoms with van der Waals surface area (Å²) in [4.78, 5) is 41.6. The molecule has 17 heteroatoms. The summed E-state index contributed by atoms with van der Waals surface area (Å²) in [6.45, 7) is 3.13. The summed E-state index contributed by atoms with van der Waals surface area (Å²) >= 11 is 0. The van der Waals surface area contributed by atoms with Crippen LogP contribution >= 0.6 is 0 Å². The van der Waals surface area contributed by atoms with E-state index in [0.29, 0.717) is 37.4 Å². The molecule has 2 fully saturated rings. The summed E-state index contributed by atoms with van der Waals surface area (Å²) in [5, 5.41) is 18.8. The molecule has 4 heterocycles. The Morgan fingerprint density at radius 1 is 0.923 bits per heavy atom. The average Bonchev–Trinajstić information content (AvgIpc) is 3.68. The number of halogens is 3. The van der Waals surface area contributed by atoms with Gasteiger partial charge in [0.05, 0.1) is 18.8 Å². The van der Waals surface area contributed by atoms with Crippen LogP contribution in [0.15, 0.2) is 42.5 Å². The zero-order valence-electron chi connectivity index (χ0n) is 28.7. The van der Waals surface area contributed by atoms with E-state index < -0.39 is 24.9 Å². The number of rotatable bonds is 7. The van der Waals surface area contributed by atoms with Crippen LogP contribution in [0.3, 0.4) is 0 Å². The number of carbonyl (C=O) groups excluding carboxylic acids is 1. The van der Waals surface area contributed by atoms with Gasteiger partial charge in [0.25, 0.3) is 5.91 Å².